The highest BCUT2D eigenvalue weighted by atomic mass is 16.5. The molecule has 2 heterocycles. The summed E-state index contributed by atoms with van der Waals surface area (Å²) in [5.41, 5.74) is 6.63. The van der Waals surface area contributed by atoms with Gasteiger partial charge in [0.25, 0.3) is 5.91 Å². The molecule has 8 nitrogen and oxygen atoms in total. The molecule has 0 unspecified atom stereocenters. The van der Waals surface area contributed by atoms with Crippen LogP contribution in [0.2, 0.25) is 0 Å². The minimum atomic E-state index is -0.577. The third-order valence-corrected chi connectivity index (χ3v) is 3.90. The van der Waals surface area contributed by atoms with Crippen LogP contribution < -0.4 is 20.5 Å². The zero-order valence-electron chi connectivity index (χ0n) is 14.3. The van der Waals surface area contributed by atoms with Crippen molar-refractivity contribution < 1.29 is 19.4 Å². The molecule has 0 saturated carbocycles. The van der Waals surface area contributed by atoms with Crippen LogP contribution in [0.15, 0.2) is 36.5 Å². The zero-order chi connectivity index (χ0) is 18.7. The van der Waals surface area contributed by atoms with Gasteiger partial charge in [0.05, 0.1) is 14.2 Å². The number of para-hydroxylation sites is 1. The first-order chi connectivity index (χ1) is 12.6. The number of carbonyl (C=O) groups is 1. The lowest BCUT2D eigenvalue weighted by Crippen LogP contribution is -2.24. The fraction of sp³-hybridized carbons (Fsp3) is 0.167. The zero-order valence-corrected chi connectivity index (χ0v) is 14.3. The predicted molar refractivity (Wildman–Crippen MR) is 96.3 cm³/mol. The summed E-state index contributed by atoms with van der Waals surface area (Å²) in [4.78, 5) is 20.6. The number of ether oxygens (including phenoxy) is 2. The van der Waals surface area contributed by atoms with Gasteiger partial charge in [0.15, 0.2) is 22.9 Å². The standard InChI is InChI=1S/C18H18N4O4/c1-25-12-7-3-5-10(16(12)26-2)9-21-18(24)14-15(23)13-11(17(19)22-14)6-4-8-20-13/h3-8,23H,9H2,1-2H3,(H2,19,22)(H,21,24). The van der Waals surface area contributed by atoms with Gasteiger partial charge in [-0.15, -0.1) is 0 Å². The Kier molecular flexibility index (Phi) is 4.74. The van der Waals surface area contributed by atoms with E-state index in [1.807, 2.05) is 0 Å². The average Bonchev–Trinajstić information content (AvgIpc) is 2.68. The average molecular weight is 354 g/mol. The quantitative estimate of drug-likeness (QED) is 0.640. The summed E-state index contributed by atoms with van der Waals surface area (Å²) in [6, 6.07) is 8.69. The van der Waals surface area contributed by atoms with Crippen molar-refractivity contribution >= 4 is 22.6 Å². The number of nitrogens with one attached hydrogen (secondary N) is 1. The van der Waals surface area contributed by atoms with Gasteiger partial charge < -0.3 is 25.6 Å². The van der Waals surface area contributed by atoms with Crippen LogP contribution in [0.1, 0.15) is 16.1 Å². The van der Waals surface area contributed by atoms with E-state index in [1.54, 1.807) is 30.3 Å². The number of hydrogen-bond acceptors (Lipinski definition) is 7. The Hall–Kier alpha value is -3.55. The van der Waals surface area contributed by atoms with Crippen molar-refractivity contribution in [3.8, 4) is 17.2 Å². The molecule has 0 fully saturated rings. The Labute approximate surface area is 149 Å². The number of nitrogen functional groups attached to an aromatic ring is 1. The molecule has 0 aliphatic rings. The topological polar surface area (TPSA) is 120 Å². The second-order valence-corrected chi connectivity index (χ2v) is 5.43. The van der Waals surface area contributed by atoms with Gasteiger partial charge in [-0.1, -0.05) is 12.1 Å². The highest BCUT2D eigenvalue weighted by Crippen LogP contribution is 2.31. The van der Waals surface area contributed by atoms with Crippen molar-refractivity contribution in [2.45, 2.75) is 6.54 Å². The van der Waals surface area contributed by atoms with Gasteiger partial charge in [0, 0.05) is 23.7 Å². The number of carbonyl (C=O) groups excluding carboxylic acids is 1. The SMILES string of the molecule is COc1cccc(CNC(=O)c2nc(N)c3cccnc3c2O)c1OC. The van der Waals surface area contributed by atoms with Crippen molar-refractivity contribution in [2.75, 3.05) is 20.0 Å². The Morgan fingerprint density at radius 1 is 1.23 bits per heavy atom. The van der Waals surface area contributed by atoms with Gasteiger partial charge in [-0.05, 0) is 18.2 Å². The normalized spacial score (nSPS) is 10.5. The summed E-state index contributed by atoms with van der Waals surface area (Å²) in [7, 11) is 3.05. The lowest BCUT2D eigenvalue weighted by Gasteiger charge is -2.13. The smallest absolute Gasteiger partial charge is 0.274 e. The molecular weight excluding hydrogens is 336 g/mol. The van der Waals surface area contributed by atoms with E-state index in [-0.39, 0.29) is 29.3 Å². The third-order valence-electron chi connectivity index (χ3n) is 3.90. The van der Waals surface area contributed by atoms with Crippen LogP contribution in [0, 0.1) is 0 Å². The van der Waals surface area contributed by atoms with Gasteiger partial charge >= 0.3 is 0 Å². The predicted octanol–water partition coefficient (Wildman–Crippen LogP) is 1.86. The maximum absolute atomic E-state index is 12.5. The number of amides is 1. The molecule has 0 bridgehead atoms. The highest BCUT2D eigenvalue weighted by Gasteiger charge is 2.19. The summed E-state index contributed by atoms with van der Waals surface area (Å²) in [6.07, 6.45) is 1.50. The van der Waals surface area contributed by atoms with Crippen molar-refractivity contribution in [3.05, 3.63) is 47.8 Å². The highest BCUT2D eigenvalue weighted by molar-refractivity contribution is 6.03. The van der Waals surface area contributed by atoms with Gasteiger partial charge in [-0.25, -0.2) is 4.98 Å². The first kappa shape index (κ1) is 17.3. The van der Waals surface area contributed by atoms with Crippen molar-refractivity contribution in [1.29, 1.82) is 0 Å². The molecule has 0 atom stereocenters. The Bertz CT molecular complexity index is 975. The number of anilines is 1. The molecule has 134 valence electrons. The lowest BCUT2D eigenvalue weighted by atomic mass is 10.1. The van der Waals surface area contributed by atoms with Crippen LogP contribution in [0.4, 0.5) is 5.82 Å². The van der Waals surface area contributed by atoms with Gasteiger partial charge in [-0.2, -0.15) is 0 Å². The Morgan fingerprint density at radius 2 is 2.04 bits per heavy atom. The molecule has 0 radical (unpaired) electrons. The monoisotopic (exact) mass is 354 g/mol. The largest absolute Gasteiger partial charge is 0.504 e. The summed E-state index contributed by atoms with van der Waals surface area (Å²) < 4.78 is 10.6. The molecule has 3 aromatic rings. The first-order valence-electron chi connectivity index (χ1n) is 7.78. The van der Waals surface area contributed by atoms with Gasteiger partial charge in [0.1, 0.15) is 11.3 Å². The number of nitrogens with two attached hydrogens (primary N) is 1. The minimum absolute atomic E-state index is 0.120. The maximum Gasteiger partial charge on any atom is 0.274 e. The number of rotatable bonds is 5. The molecule has 0 spiro atoms. The van der Waals surface area contributed by atoms with Gasteiger partial charge in [-0.3, -0.25) is 9.78 Å². The number of aromatic nitrogens is 2. The first-order valence-corrected chi connectivity index (χ1v) is 7.78. The number of aromatic hydroxyl groups is 1. The summed E-state index contributed by atoms with van der Waals surface area (Å²) >= 11 is 0. The van der Waals surface area contributed by atoms with Crippen molar-refractivity contribution in [2.24, 2.45) is 0 Å². The minimum Gasteiger partial charge on any atom is -0.504 e. The third kappa shape index (κ3) is 3.04. The molecule has 4 N–H and O–H groups in total. The fourth-order valence-electron chi connectivity index (χ4n) is 2.66. The van der Waals surface area contributed by atoms with E-state index in [0.717, 1.165) is 0 Å². The van der Waals surface area contributed by atoms with Crippen LogP contribution >= 0.6 is 0 Å². The fourth-order valence-corrected chi connectivity index (χ4v) is 2.66. The molecule has 0 saturated heterocycles. The van der Waals surface area contributed by atoms with Crippen LogP contribution in [0.25, 0.3) is 10.9 Å². The maximum atomic E-state index is 12.5. The van der Waals surface area contributed by atoms with E-state index in [1.165, 1.54) is 20.4 Å². The molecule has 1 amide bonds. The second kappa shape index (κ2) is 7.14. The summed E-state index contributed by atoms with van der Waals surface area (Å²) in [5.74, 6) is 0.304. The number of nitrogens with zero attached hydrogens (tertiary/aromatic N) is 2. The van der Waals surface area contributed by atoms with E-state index in [2.05, 4.69) is 15.3 Å². The molecule has 2 aromatic heterocycles. The van der Waals surface area contributed by atoms with E-state index in [9.17, 15) is 9.90 Å². The number of fused-ring (bicyclic) bond motifs is 1. The molecule has 3 rings (SSSR count). The van der Waals surface area contributed by atoms with Crippen LogP contribution in [-0.4, -0.2) is 35.2 Å². The number of pyridine rings is 2. The molecule has 0 aliphatic heterocycles. The molecular formula is C18H18N4O4. The molecule has 0 aliphatic carbocycles. The van der Waals surface area contributed by atoms with E-state index in [0.29, 0.717) is 22.4 Å². The van der Waals surface area contributed by atoms with Crippen molar-refractivity contribution in [1.82, 2.24) is 15.3 Å². The van der Waals surface area contributed by atoms with Crippen molar-refractivity contribution in [3.63, 3.8) is 0 Å². The summed E-state index contributed by atoms with van der Waals surface area (Å²) in [5, 5.41) is 13.5. The Morgan fingerprint density at radius 3 is 2.77 bits per heavy atom. The van der Waals surface area contributed by atoms with Crippen LogP contribution in [-0.2, 0) is 6.54 Å². The molecule has 26 heavy (non-hydrogen) atoms. The number of hydrogen-bond donors (Lipinski definition) is 3. The molecule has 8 heteroatoms. The van der Waals surface area contributed by atoms with Gasteiger partial charge in [0.2, 0.25) is 0 Å². The molecule has 1 aromatic carbocycles. The van der Waals surface area contributed by atoms with E-state index >= 15 is 0 Å². The lowest BCUT2D eigenvalue weighted by molar-refractivity contribution is 0.0943. The second-order valence-electron chi connectivity index (χ2n) is 5.43. The summed E-state index contributed by atoms with van der Waals surface area (Å²) in [6.45, 7) is 0.153. The van der Waals surface area contributed by atoms with Crippen LogP contribution in [0.5, 0.6) is 17.2 Å². The number of methoxy groups -OCH3 is 2. The Balaban J connectivity index is 1.88. The van der Waals surface area contributed by atoms with E-state index in [4.69, 9.17) is 15.2 Å². The van der Waals surface area contributed by atoms with E-state index < -0.39 is 5.91 Å². The van der Waals surface area contributed by atoms with Crippen LogP contribution in [0.3, 0.4) is 0 Å². The number of benzene rings is 1.